The first-order chi connectivity index (χ1) is 5.64. The highest BCUT2D eigenvalue weighted by Crippen LogP contribution is 2.61. The summed E-state index contributed by atoms with van der Waals surface area (Å²) in [4.78, 5) is 0. The molecular weight excluding hydrogens is 179 g/mol. The second-order valence-corrected chi connectivity index (χ2v) is 4.71. The largest absolute Gasteiger partial charge is 0.361 e. The van der Waals surface area contributed by atoms with E-state index >= 15 is 0 Å². The SMILES string of the molecule is CCOP(=O)(OCC)[C@@H]1O[C@@H]1C. The summed E-state index contributed by atoms with van der Waals surface area (Å²) in [5, 5.41) is 0. The Bertz CT molecular complexity index is 184. The molecule has 0 radical (unpaired) electrons. The summed E-state index contributed by atoms with van der Waals surface area (Å²) >= 11 is 0. The summed E-state index contributed by atoms with van der Waals surface area (Å²) in [6.07, 6.45) is 0.00827. The average Bonchev–Trinajstić information content (AvgIpc) is 2.68. The molecule has 1 aliphatic rings. The van der Waals surface area contributed by atoms with Crippen molar-refractivity contribution in [2.45, 2.75) is 32.7 Å². The Morgan fingerprint density at radius 2 is 1.75 bits per heavy atom. The third kappa shape index (κ3) is 2.07. The van der Waals surface area contributed by atoms with E-state index in [-0.39, 0.29) is 11.9 Å². The summed E-state index contributed by atoms with van der Waals surface area (Å²) in [7, 11) is -2.96. The average molecular weight is 194 g/mol. The van der Waals surface area contributed by atoms with Crippen molar-refractivity contribution in [3.8, 4) is 0 Å². The summed E-state index contributed by atoms with van der Waals surface area (Å²) in [5.74, 6) is -0.336. The van der Waals surface area contributed by atoms with Gasteiger partial charge in [-0.2, -0.15) is 0 Å². The lowest BCUT2D eigenvalue weighted by Gasteiger charge is -2.13. The van der Waals surface area contributed by atoms with Crippen LogP contribution in [0.3, 0.4) is 0 Å². The molecule has 2 atom stereocenters. The molecule has 0 aromatic heterocycles. The Balaban J connectivity index is 2.53. The van der Waals surface area contributed by atoms with Crippen molar-refractivity contribution in [1.82, 2.24) is 0 Å². The normalized spacial score (nSPS) is 28.9. The lowest BCUT2D eigenvalue weighted by atomic mass is 10.6. The first kappa shape index (κ1) is 10.2. The van der Waals surface area contributed by atoms with Crippen molar-refractivity contribution in [2.75, 3.05) is 13.2 Å². The van der Waals surface area contributed by atoms with Crippen LogP contribution in [0.1, 0.15) is 20.8 Å². The molecule has 1 heterocycles. The molecule has 1 aliphatic heterocycles. The Kier molecular flexibility index (Phi) is 3.29. The van der Waals surface area contributed by atoms with Gasteiger partial charge < -0.3 is 13.8 Å². The van der Waals surface area contributed by atoms with Crippen LogP contribution >= 0.6 is 7.60 Å². The van der Waals surface area contributed by atoms with E-state index in [2.05, 4.69) is 0 Å². The van der Waals surface area contributed by atoms with Crippen molar-refractivity contribution in [1.29, 1.82) is 0 Å². The number of hydrogen-bond donors (Lipinski definition) is 0. The molecule has 0 amide bonds. The molecule has 0 spiro atoms. The van der Waals surface area contributed by atoms with Crippen LogP contribution in [-0.2, 0) is 18.3 Å². The third-order valence-corrected chi connectivity index (χ3v) is 4.01. The molecule has 5 heteroatoms. The van der Waals surface area contributed by atoms with Crippen LogP contribution in [0.4, 0.5) is 0 Å². The highest BCUT2D eigenvalue weighted by molar-refractivity contribution is 7.54. The molecule has 0 N–H and O–H groups in total. The number of rotatable bonds is 5. The Labute approximate surface area is 72.7 Å². The highest BCUT2D eigenvalue weighted by atomic mass is 31.2. The summed E-state index contributed by atoms with van der Waals surface area (Å²) in [6.45, 7) is 6.22. The molecule has 0 aromatic carbocycles. The fourth-order valence-electron chi connectivity index (χ4n) is 1.05. The Morgan fingerprint density at radius 3 is 2.00 bits per heavy atom. The van der Waals surface area contributed by atoms with E-state index in [9.17, 15) is 4.57 Å². The van der Waals surface area contributed by atoms with Gasteiger partial charge in [0.25, 0.3) is 0 Å². The van der Waals surface area contributed by atoms with Crippen molar-refractivity contribution in [3.05, 3.63) is 0 Å². The van der Waals surface area contributed by atoms with E-state index in [0.29, 0.717) is 13.2 Å². The van der Waals surface area contributed by atoms with Crippen LogP contribution < -0.4 is 0 Å². The van der Waals surface area contributed by atoms with E-state index in [1.54, 1.807) is 13.8 Å². The van der Waals surface area contributed by atoms with Gasteiger partial charge >= 0.3 is 7.60 Å². The van der Waals surface area contributed by atoms with Crippen molar-refractivity contribution in [3.63, 3.8) is 0 Å². The van der Waals surface area contributed by atoms with Gasteiger partial charge in [0.2, 0.25) is 0 Å². The lowest BCUT2D eigenvalue weighted by molar-refractivity contribution is 0.208. The highest BCUT2D eigenvalue weighted by Gasteiger charge is 2.52. The smallest absolute Gasteiger partial charge is 0.356 e. The minimum Gasteiger partial charge on any atom is -0.356 e. The van der Waals surface area contributed by atoms with Gasteiger partial charge in [0.05, 0.1) is 19.3 Å². The second kappa shape index (κ2) is 3.88. The van der Waals surface area contributed by atoms with Crippen LogP contribution in [0.25, 0.3) is 0 Å². The van der Waals surface area contributed by atoms with E-state index in [1.165, 1.54) is 0 Å². The maximum atomic E-state index is 11.8. The summed E-state index contributed by atoms with van der Waals surface area (Å²) in [6, 6.07) is 0. The van der Waals surface area contributed by atoms with Gasteiger partial charge in [-0.15, -0.1) is 0 Å². The third-order valence-electron chi connectivity index (χ3n) is 1.61. The van der Waals surface area contributed by atoms with Gasteiger partial charge in [-0.1, -0.05) is 0 Å². The molecule has 4 nitrogen and oxygen atoms in total. The van der Waals surface area contributed by atoms with Crippen molar-refractivity contribution < 1.29 is 18.3 Å². The predicted octanol–water partition coefficient (Wildman–Crippen LogP) is 2.00. The first-order valence-electron chi connectivity index (χ1n) is 4.18. The molecule has 0 saturated carbocycles. The van der Waals surface area contributed by atoms with Crippen LogP contribution in [-0.4, -0.2) is 25.2 Å². The van der Waals surface area contributed by atoms with Crippen LogP contribution in [0, 0.1) is 0 Å². The second-order valence-electron chi connectivity index (χ2n) is 2.61. The van der Waals surface area contributed by atoms with Gasteiger partial charge in [-0.3, -0.25) is 4.57 Å². The van der Waals surface area contributed by atoms with E-state index in [4.69, 9.17) is 13.8 Å². The first-order valence-corrected chi connectivity index (χ1v) is 5.79. The van der Waals surface area contributed by atoms with Gasteiger partial charge in [0.1, 0.15) is 0 Å². The minimum atomic E-state index is -2.96. The molecule has 0 bridgehead atoms. The monoisotopic (exact) mass is 194 g/mol. The topological polar surface area (TPSA) is 48.1 Å². The van der Waals surface area contributed by atoms with E-state index in [0.717, 1.165) is 0 Å². The maximum Gasteiger partial charge on any atom is 0.361 e. The zero-order chi connectivity index (χ0) is 9.19. The van der Waals surface area contributed by atoms with Crippen LogP contribution in [0.5, 0.6) is 0 Å². The van der Waals surface area contributed by atoms with Crippen LogP contribution in [0.15, 0.2) is 0 Å². The Hall–Kier alpha value is 0.110. The standard InChI is InChI=1S/C7H15O4P/c1-4-9-12(8,10-5-2)7-6(3)11-7/h6-7H,4-5H2,1-3H3/t6-,7+/m1/s1. The Morgan fingerprint density at radius 1 is 1.33 bits per heavy atom. The lowest BCUT2D eigenvalue weighted by Crippen LogP contribution is -2.02. The summed E-state index contributed by atoms with van der Waals surface area (Å²) < 4.78 is 27.0. The van der Waals surface area contributed by atoms with Gasteiger partial charge in [-0.25, -0.2) is 0 Å². The van der Waals surface area contributed by atoms with Crippen molar-refractivity contribution in [2.24, 2.45) is 0 Å². The zero-order valence-electron chi connectivity index (χ0n) is 7.65. The molecule has 1 rings (SSSR count). The fourth-order valence-corrected chi connectivity index (χ4v) is 2.99. The maximum absolute atomic E-state index is 11.8. The number of hydrogen-bond acceptors (Lipinski definition) is 4. The number of epoxide rings is 1. The molecule has 72 valence electrons. The quantitative estimate of drug-likeness (QED) is 0.496. The van der Waals surface area contributed by atoms with Crippen molar-refractivity contribution >= 4 is 7.60 Å². The van der Waals surface area contributed by atoms with E-state index in [1.807, 2.05) is 6.92 Å². The van der Waals surface area contributed by atoms with E-state index < -0.39 is 7.60 Å². The van der Waals surface area contributed by atoms with Gasteiger partial charge in [0.15, 0.2) is 5.85 Å². The number of ether oxygens (including phenoxy) is 1. The molecule has 0 aromatic rings. The molecule has 0 unspecified atom stereocenters. The molecule has 1 saturated heterocycles. The molecule has 1 fully saturated rings. The zero-order valence-corrected chi connectivity index (χ0v) is 8.54. The minimum absolute atomic E-state index is 0.00827. The van der Waals surface area contributed by atoms with Gasteiger partial charge in [0, 0.05) is 0 Å². The molecule has 12 heavy (non-hydrogen) atoms. The molecule has 0 aliphatic carbocycles. The predicted molar refractivity (Wildman–Crippen MR) is 45.2 cm³/mol. The van der Waals surface area contributed by atoms with Crippen LogP contribution in [0.2, 0.25) is 0 Å². The molecular formula is C7H15O4P. The van der Waals surface area contributed by atoms with Gasteiger partial charge in [-0.05, 0) is 20.8 Å². The fraction of sp³-hybridized carbons (Fsp3) is 1.00. The summed E-state index contributed by atoms with van der Waals surface area (Å²) in [5.41, 5.74) is 0.